The second-order valence-electron chi connectivity index (χ2n) is 9.82. The molecule has 1 atom stereocenters. The number of methoxy groups -OCH3 is 1. The second kappa shape index (κ2) is 9.83. The van der Waals surface area contributed by atoms with E-state index < -0.39 is 5.54 Å². The van der Waals surface area contributed by atoms with Crippen LogP contribution in [0, 0.1) is 0 Å². The number of aromatic nitrogens is 2. The summed E-state index contributed by atoms with van der Waals surface area (Å²) in [6.45, 7) is 2.72. The van der Waals surface area contributed by atoms with Crippen molar-refractivity contribution in [2.75, 3.05) is 13.9 Å². The summed E-state index contributed by atoms with van der Waals surface area (Å²) in [5.41, 5.74) is 2.53. The highest BCUT2D eigenvalue weighted by Crippen LogP contribution is 2.36. The number of nitrogens with one attached hydrogen (secondary N) is 1. The van der Waals surface area contributed by atoms with Gasteiger partial charge in [0.1, 0.15) is 17.0 Å². The van der Waals surface area contributed by atoms with Crippen LogP contribution in [0.5, 0.6) is 17.2 Å². The molecule has 9 heteroatoms. The van der Waals surface area contributed by atoms with Crippen LogP contribution in [0.4, 0.5) is 0 Å². The van der Waals surface area contributed by atoms with Gasteiger partial charge in [0.25, 0.3) is 5.91 Å². The van der Waals surface area contributed by atoms with Crippen molar-refractivity contribution in [1.29, 1.82) is 0 Å². The third-order valence-corrected chi connectivity index (χ3v) is 7.25. The van der Waals surface area contributed by atoms with E-state index in [1.54, 1.807) is 29.7 Å². The molecule has 0 saturated heterocycles. The molecular formula is C30H28N4O5. The molecule has 0 bridgehead atoms. The first-order valence-electron chi connectivity index (χ1n) is 12.7. The topological polar surface area (TPSA) is 94.9 Å². The Hall–Kier alpha value is -4.79. The molecule has 0 unspecified atom stereocenters. The van der Waals surface area contributed by atoms with Gasteiger partial charge < -0.3 is 24.4 Å². The van der Waals surface area contributed by atoms with E-state index in [-0.39, 0.29) is 31.7 Å². The van der Waals surface area contributed by atoms with Crippen molar-refractivity contribution >= 4 is 11.8 Å². The number of benzene rings is 3. The molecule has 6 rings (SSSR count). The fourth-order valence-corrected chi connectivity index (χ4v) is 4.98. The standard InChI is InChI=1S/C30H28N4O5/c1-30(29(36)31-16-20-6-4-3-5-7-20)18-34-25(15-24(32-34)22-9-11-23(37-2)12-10-22)28(35)33(30)17-21-8-13-26-27(14-21)39-19-38-26/h3-15H,16-19H2,1-2H3,(H,31,36)/t30-/m1/s1. The summed E-state index contributed by atoms with van der Waals surface area (Å²) in [4.78, 5) is 29.4. The number of hydrogen-bond acceptors (Lipinski definition) is 6. The predicted molar refractivity (Wildman–Crippen MR) is 143 cm³/mol. The number of rotatable bonds is 7. The Kier molecular flexibility index (Phi) is 6.18. The van der Waals surface area contributed by atoms with E-state index in [1.165, 1.54) is 0 Å². The molecule has 0 fully saturated rings. The zero-order valence-electron chi connectivity index (χ0n) is 21.7. The number of hydrogen-bond donors (Lipinski definition) is 1. The van der Waals surface area contributed by atoms with Gasteiger partial charge in [-0.1, -0.05) is 36.4 Å². The molecule has 0 saturated carbocycles. The summed E-state index contributed by atoms with van der Waals surface area (Å²) in [5.74, 6) is 1.49. The summed E-state index contributed by atoms with van der Waals surface area (Å²) >= 11 is 0. The fraction of sp³-hybridized carbons (Fsp3) is 0.233. The third kappa shape index (κ3) is 4.56. The van der Waals surface area contributed by atoms with Gasteiger partial charge in [-0.2, -0.15) is 5.10 Å². The Morgan fingerprint density at radius 2 is 1.77 bits per heavy atom. The lowest BCUT2D eigenvalue weighted by atomic mass is 9.94. The number of carbonyl (C=O) groups excluding carboxylic acids is 2. The molecule has 0 radical (unpaired) electrons. The van der Waals surface area contributed by atoms with Crippen molar-refractivity contribution in [2.45, 2.75) is 32.1 Å². The summed E-state index contributed by atoms with van der Waals surface area (Å²) in [5, 5.41) is 7.76. The van der Waals surface area contributed by atoms with Crippen LogP contribution in [0.25, 0.3) is 11.3 Å². The molecular weight excluding hydrogens is 496 g/mol. The van der Waals surface area contributed by atoms with E-state index in [0.717, 1.165) is 22.4 Å². The SMILES string of the molecule is COc1ccc(-c2cc3n(n2)C[C@](C)(C(=O)NCc2ccccc2)N(Cc2ccc4c(c2)OCO4)C3=O)cc1. The average Bonchev–Trinajstić information content (AvgIpc) is 3.61. The van der Waals surface area contributed by atoms with Crippen LogP contribution < -0.4 is 19.5 Å². The maximum atomic E-state index is 14.0. The van der Waals surface area contributed by atoms with Crippen LogP contribution in [0.15, 0.2) is 78.9 Å². The molecule has 2 aliphatic heterocycles. The maximum Gasteiger partial charge on any atom is 0.273 e. The van der Waals surface area contributed by atoms with Gasteiger partial charge in [0.05, 0.1) is 19.3 Å². The van der Waals surface area contributed by atoms with Crippen LogP contribution in [-0.4, -0.2) is 45.9 Å². The largest absolute Gasteiger partial charge is 0.497 e. The first kappa shape index (κ1) is 24.5. The Bertz CT molecular complexity index is 1530. The van der Waals surface area contributed by atoms with E-state index in [0.29, 0.717) is 29.4 Å². The first-order valence-corrected chi connectivity index (χ1v) is 12.7. The van der Waals surface area contributed by atoms with Gasteiger partial charge in [-0.05, 0) is 60.5 Å². The Morgan fingerprint density at radius 3 is 2.54 bits per heavy atom. The highest BCUT2D eigenvalue weighted by atomic mass is 16.7. The minimum absolute atomic E-state index is 0.161. The van der Waals surface area contributed by atoms with E-state index in [2.05, 4.69) is 5.32 Å². The van der Waals surface area contributed by atoms with Gasteiger partial charge in [-0.3, -0.25) is 14.3 Å². The second-order valence-corrected chi connectivity index (χ2v) is 9.82. The zero-order chi connectivity index (χ0) is 27.0. The lowest BCUT2D eigenvalue weighted by molar-refractivity contribution is -0.133. The molecule has 198 valence electrons. The third-order valence-electron chi connectivity index (χ3n) is 7.25. The maximum absolute atomic E-state index is 14.0. The lowest BCUT2D eigenvalue weighted by Gasteiger charge is -2.43. The monoisotopic (exact) mass is 524 g/mol. The molecule has 9 nitrogen and oxygen atoms in total. The molecule has 4 aromatic rings. The first-order chi connectivity index (χ1) is 18.9. The average molecular weight is 525 g/mol. The summed E-state index contributed by atoms with van der Waals surface area (Å²) in [7, 11) is 1.61. The Labute approximate surface area is 225 Å². The molecule has 1 aromatic heterocycles. The van der Waals surface area contributed by atoms with Crippen molar-refractivity contribution in [2.24, 2.45) is 0 Å². The summed E-state index contributed by atoms with van der Waals surface area (Å²) < 4.78 is 17.9. The van der Waals surface area contributed by atoms with Crippen LogP contribution in [0.2, 0.25) is 0 Å². The van der Waals surface area contributed by atoms with Gasteiger partial charge in [0, 0.05) is 18.7 Å². The molecule has 39 heavy (non-hydrogen) atoms. The van der Waals surface area contributed by atoms with Gasteiger partial charge in [-0.15, -0.1) is 0 Å². The molecule has 2 aliphatic rings. The molecule has 0 spiro atoms. The Morgan fingerprint density at radius 1 is 1.00 bits per heavy atom. The van der Waals surface area contributed by atoms with Crippen molar-refractivity contribution in [3.05, 3.63) is 95.7 Å². The summed E-state index contributed by atoms with van der Waals surface area (Å²) in [6, 6.07) is 24.5. The van der Waals surface area contributed by atoms with Crippen LogP contribution in [0.3, 0.4) is 0 Å². The van der Waals surface area contributed by atoms with Gasteiger partial charge in [-0.25, -0.2) is 0 Å². The van der Waals surface area contributed by atoms with Gasteiger partial charge in [0.15, 0.2) is 11.5 Å². The minimum atomic E-state index is -1.20. The molecule has 0 aliphatic carbocycles. The van der Waals surface area contributed by atoms with E-state index in [1.807, 2.05) is 72.8 Å². The fourth-order valence-electron chi connectivity index (χ4n) is 4.98. The van der Waals surface area contributed by atoms with E-state index in [9.17, 15) is 9.59 Å². The normalized spacial score (nSPS) is 17.6. The number of ether oxygens (including phenoxy) is 3. The van der Waals surface area contributed by atoms with Crippen molar-refractivity contribution < 1.29 is 23.8 Å². The van der Waals surface area contributed by atoms with Crippen molar-refractivity contribution in [3.8, 4) is 28.5 Å². The lowest BCUT2D eigenvalue weighted by Crippen LogP contribution is -2.63. The van der Waals surface area contributed by atoms with E-state index in [4.69, 9.17) is 19.3 Å². The van der Waals surface area contributed by atoms with Gasteiger partial charge >= 0.3 is 0 Å². The highest BCUT2D eigenvalue weighted by molar-refractivity contribution is 6.00. The summed E-state index contributed by atoms with van der Waals surface area (Å²) in [6.07, 6.45) is 0. The molecule has 2 amide bonds. The smallest absolute Gasteiger partial charge is 0.273 e. The number of nitrogens with zero attached hydrogens (tertiary/aromatic N) is 3. The van der Waals surface area contributed by atoms with Crippen molar-refractivity contribution in [1.82, 2.24) is 20.0 Å². The number of carbonyl (C=O) groups is 2. The minimum Gasteiger partial charge on any atom is -0.497 e. The molecule has 3 heterocycles. The van der Waals surface area contributed by atoms with Crippen LogP contribution in [-0.2, 0) is 24.4 Å². The van der Waals surface area contributed by atoms with Crippen LogP contribution in [0.1, 0.15) is 28.5 Å². The molecule has 3 aromatic carbocycles. The molecule has 1 N–H and O–H groups in total. The zero-order valence-corrected chi connectivity index (χ0v) is 21.7. The highest BCUT2D eigenvalue weighted by Gasteiger charge is 2.48. The van der Waals surface area contributed by atoms with Crippen molar-refractivity contribution in [3.63, 3.8) is 0 Å². The van der Waals surface area contributed by atoms with Gasteiger partial charge in [0.2, 0.25) is 12.7 Å². The number of amides is 2. The Balaban J connectivity index is 1.34. The number of fused-ring (bicyclic) bond motifs is 2. The van der Waals surface area contributed by atoms with Crippen LogP contribution >= 0.6 is 0 Å². The van der Waals surface area contributed by atoms with E-state index >= 15 is 0 Å². The predicted octanol–water partition coefficient (Wildman–Crippen LogP) is 4.02. The quantitative estimate of drug-likeness (QED) is 0.393.